The topological polar surface area (TPSA) is 92.9 Å². The van der Waals surface area contributed by atoms with Crippen LogP contribution in [0.25, 0.3) is 22.5 Å². The van der Waals surface area contributed by atoms with Crippen LogP contribution in [0.3, 0.4) is 0 Å². The molecule has 4 rings (SSSR count). The van der Waals surface area contributed by atoms with E-state index in [1.807, 2.05) is 55.5 Å². The predicted molar refractivity (Wildman–Crippen MR) is 111 cm³/mol. The summed E-state index contributed by atoms with van der Waals surface area (Å²) < 4.78 is 7.35. The zero-order chi connectivity index (χ0) is 20.4. The van der Waals surface area contributed by atoms with Gasteiger partial charge in [-0.1, -0.05) is 29.8 Å². The Kier molecular flexibility index (Phi) is 5.03. The van der Waals surface area contributed by atoms with Gasteiger partial charge < -0.3 is 14.7 Å². The van der Waals surface area contributed by atoms with Crippen molar-refractivity contribution in [2.75, 3.05) is 6.54 Å². The van der Waals surface area contributed by atoms with Crippen molar-refractivity contribution in [1.82, 2.24) is 19.9 Å². The molecule has 0 bridgehead atoms. The molecule has 0 aliphatic carbocycles. The number of hydrogen-bond donors (Lipinski definition) is 2. The average Bonchev–Trinajstić information content (AvgIpc) is 3.22. The lowest BCUT2D eigenvalue weighted by Crippen LogP contribution is -2.31. The summed E-state index contributed by atoms with van der Waals surface area (Å²) in [5, 5.41) is 2.85. The van der Waals surface area contributed by atoms with Gasteiger partial charge in [0, 0.05) is 18.7 Å². The lowest BCUT2D eigenvalue weighted by molar-refractivity contribution is -0.120. The van der Waals surface area contributed by atoms with Crippen molar-refractivity contribution in [1.29, 1.82) is 0 Å². The third kappa shape index (κ3) is 3.99. The molecule has 0 saturated heterocycles. The van der Waals surface area contributed by atoms with Crippen LogP contribution < -0.4 is 11.0 Å². The minimum atomic E-state index is -0.185. The molecule has 0 aliphatic heterocycles. The molecule has 0 unspecified atom stereocenters. The third-order valence-corrected chi connectivity index (χ3v) is 4.86. The van der Waals surface area contributed by atoms with E-state index in [-0.39, 0.29) is 18.0 Å². The van der Waals surface area contributed by atoms with Crippen molar-refractivity contribution in [2.24, 2.45) is 0 Å². The second kappa shape index (κ2) is 7.79. The van der Waals surface area contributed by atoms with E-state index in [1.165, 1.54) is 0 Å². The van der Waals surface area contributed by atoms with Crippen molar-refractivity contribution in [3.05, 3.63) is 76.0 Å². The van der Waals surface area contributed by atoms with Crippen LogP contribution in [0.15, 0.2) is 57.7 Å². The number of aryl methyl sites for hydroxylation is 2. The lowest BCUT2D eigenvalue weighted by Gasteiger charge is -2.06. The molecule has 2 aromatic heterocycles. The van der Waals surface area contributed by atoms with Gasteiger partial charge in [0.05, 0.1) is 23.1 Å². The summed E-state index contributed by atoms with van der Waals surface area (Å²) in [7, 11) is 0. The Morgan fingerprint density at radius 1 is 1.14 bits per heavy atom. The van der Waals surface area contributed by atoms with Crippen molar-refractivity contribution in [3.63, 3.8) is 0 Å². The van der Waals surface area contributed by atoms with Crippen LogP contribution >= 0.6 is 0 Å². The van der Waals surface area contributed by atoms with Gasteiger partial charge in [-0.05, 0) is 38.1 Å². The highest BCUT2D eigenvalue weighted by Gasteiger charge is 2.15. The Balaban J connectivity index is 1.38. The number of H-pyrrole nitrogens is 1. The van der Waals surface area contributed by atoms with E-state index in [4.69, 9.17) is 4.42 Å². The second-order valence-corrected chi connectivity index (χ2v) is 7.01. The standard InChI is InChI=1S/C22H22N4O3/c1-14-7-9-16(10-8-14)21-24-18(15(2)29-21)13-20(27)23-11-12-26-19-6-4-3-5-17(19)25-22(26)28/h3-10H,11-13H2,1-2H3,(H,23,27)(H,25,28). The van der Waals surface area contributed by atoms with Crippen LogP contribution in [0.2, 0.25) is 0 Å². The van der Waals surface area contributed by atoms with Crippen LogP contribution in [-0.4, -0.2) is 27.0 Å². The molecule has 2 N–H and O–H groups in total. The number of aromatic amines is 1. The molecule has 2 heterocycles. The van der Waals surface area contributed by atoms with E-state index >= 15 is 0 Å². The summed E-state index contributed by atoms with van der Waals surface area (Å²) in [5.41, 5.74) is 4.07. The number of aromatic nitrogens is 3. The highest BCUT2D eigenvalue weighted by molar-refractivity contribution is 5.78. The van der Waals surface area contributed by atoms with E-state index in [9.17, 15) is 9.59 Å². The van der Waals surface area contributed by atoms with Crippen LogP contribution in [0.5, 0.6) is 0 Å². The summed E-state index contributed by atoms with van der Waals surface area (Å²) in [6, 6.07) is 15.4. The molecule has 0 saturated carbocycles. The largest absolute Gasteiger partial charge is 0.441 e. The maximum Gasteiger partial charge on any atom is 0.326 e. The first kappa shape index (κ1) is 18.7. The number of oxazole rings is 1. The average molecular weight is 390 g/mol. The minimum Gasteiger partial charge on any atom is -0.441 e. The number of amides is 1. The molecule has 148 valence electrons. The van der Waals surface area contributed by atoms with Gasteiger partial charge in [0.15, 0.2) is 0 Å². The molecule has 1 amide bonds. The van der Waals surface area contributed by atoms with Gasteiger partial charge >= 0.3 is 5.69 Å². The van der Waals surface area contributed by atoms with Gasteiger partial charge in [-0.25, -0.2) is 9.78 Å². The third-order valence-electron chi connectivity index (χ3n) is 4.86. The molecule has 0 fully saturated rings. The second-order valence-electron chi connectivity index (χ2n) is 7.01. The fourth-order valence-electron chi connectivity index (χ4n) is 3.26. The minimum absolute atomic E-state index is 0.129. The Labute approximate surface area is 167 Å². The maximum atomic E-state index is 12.3. The van der Waals surface area contributed by atoms with E-state index in [2.05, 4.69) is 15.3 Å². The number of benzene rings is 2. The molecule has 0 radical (unpaired) electrons. The fourth-order valence-corrected chi connectivity index (χ4v) is 3.26. The van der Waals surface area contributed by atoms with Crippen LogP contribution in [-0.2, 0) is 17.8 Å². The predicted octanol–water partition coefficient (Wildman–Crippen LogP) is 2.96. The van der Waals surface area contributed by atoms with E-state index in [0.717, 1.165) is 22.2 Å². The Morgan fingerprint density at radius 3 is 2.69 bits per heavy atom. The lowest BCUT2D eigenvalue weighted by atomic mass is 10.1. The number of hydrogen-bond acceptors (Lipinski definition) is 4. The molecule has 7 heteroatoms. The number of para-hydroxylation sites is 2. The number of imidazole rings is 1. The molecular formula is C22H22N4O3. The zero-order valence-electron chi connectivity index (χ0n) is 16.4. The summed E-state index contributed by atoms with van der Waals surface area (Å²) in [4.78, 5) is 31.7. The molecule has 29 heavy (non-hydrogen) atoms. The van der Waals surface area contributed by atoms with Crippen LogP contribution in [0, 0.1) is 13.8 Å². The fraction of sp³-hybridized carbons (Fsp3) is 0.227. The summed E-state index contributed by atoms with van der Waals surface area (Å²) >= 11 is 0. The highest BCUT2D eigenvalue weighted by atomic mass is 16.4. The number of nitrogens with zero attached hydrogens (tertiary/aromatic N) is 2. The Bertz CT molecular complexity index is 1220. The van der Waals surface area contributed by atoms with Gasteiger partial charge in [-0.15, -0.1) is 0 Å². The monoisotopic (exact) mass is 390 g/mol. The van der Waals surface area contributed by atoms with E-state index < -0.39 is 0 Å². The molecule has 2 aromatic carbocycles. The smallest absolute Gasteiger partial charge is 0.326 e. The number of fused-ring (bicyclic) bond motifs is 1. The van der Waals surface area contributed by atoms with Gasteiger partial charge in [0.1, 0.15) is 5.76 Å². The number of carbonyl (C=O) groups excluding carboxylic acids is 1. The molecule has 0 atom stereocenters. The van der Waals surface area contributed by atoms with Gasteiger partial charge in [-0.2, -0.15) is 0 Å². The molecule has 7 nitrogen and oxygen atoms in total. The highest BCUT2D eigenvalue weighted by Crippen LogP contribution is 2.22. The molecular weight excluding hydrogens is 368 g/mol. The van der Waals surface area contributed by atoms with Crippen molar-refractivity contribution in [2.45, 2.75) is 26.8 Å². The SMILES string of the molecule is Cc1ccc(-c2nc(CC(=O)NCCn3c(=O)[nH]c4ccccc43)c(C)o2)cc1. The Morgan fingerprint density at radius 2 is 1.90 bits per heavy atom. The van der Waals surface area contributed by atoms with Crippen molar-refractivity contribution >= 4 is 16.9 Å². The first-order valence-electron chi connectivity index (χ1n) is 9.49. The quantitative estimate of drug-likeness (QED) is 0.529. The summed E-state index contributed by atoms with van der Waals surface area (Å²) in [6.07, 6.45) is 0.129. The van der Waals surface area contributed by atoms with E-state index in [0.29, 0.717) is 30.4 Å². The van der Waals surface area contributed by atoms with Gasteiger partial charge in [-0.3, -0.25) is 9.36 Å². The number of rotatable bonds is 6. The molecule has 4 aromatic rings. The molecule has 0 spiro atoms. The van der Waals surface area contributed by atoms with Crippen LogP contribution in [0.1, 0.15) is 17.0 Å². The maximum absolute atomic E-state index is 12.3. The zero-order valence-corrected chi connectivity index (χ0v) is 16.4. The van der Waals surface area contributed by atoms with Gasteiger partial charge in [0.25, 0.3) is 0 Å². The van der Waals surface area contributed by atoms with Gasteiger partial charge in [0.2, 0.25) is 11.8 Å². The summed E-state index contributed by atoms with van der Waals surface area (Å²) in [5.74, 6) is 0.976. The number of nitrogens with one attached hydrogen (secondary N) is 2. The molecule has 0 aliphatic rings. The van der Waals surface area contributed by atoms with Crippen molar-refractivity contribution < 1.29 is 9.21 Å². The first-order chi connectivity index (χ1) is 14.0. The first-order valence-corrected chi connectivity index (χ1v) is 9.49. The Hall–Kier alpha value is -3.61. The van der Waals surface area contributed by atoms with Crippen LogP contribution in [0.4, 0.5) is 0 Å². The summed E-state index contributed by atoms with van der Waals surface area (Å²) in [6.45, 7) is 4.56. The van der Waals surface area contributed by atoms with Crippen molar-refractivity contribution in [3.8, 4) is 11.5 Å². The number of carbonyl (C=O) groups is 1. The van der Waals surface area contributed by atoms with E-state index in [1.54, 1.807) is 11.5 Å². The normalized spacial score (nSPS) is 11.1.